The average molecular weight is 320 g/mol. The molecule has 0 aliphatic carbocycles. The summed E-state index contributed by atoms with van der Waals surface area (Å²) in [5.41, 5.74) is 0.918. The Labute approximate surface area is 133 Å². The van der Waals surface area contributed by atoms with Crippen molar-refractivity contribution in [2.75, 3.05) is 26.2 Å². The molecule has 1 atom stereocenters. The lowest BCUT2D eigenvalue weighted by Crippen LogP contribution is -2.41. The molecule has 0 radical (unpaired) electrons. The van der Waals surface area contributed by atoms with E-state index in [2.05, 4.69) is 4.90 Å². The number of likely N-dealkylation sites (tertiary alicyclic amines) is 1. The van der Waals surface area contributed by atoms with Crippen molar-refractivity contribution in [3.63, 3.8) is 0 Å². The predicted molar refractivity (Wildman–Crippen MR) is 89.8 cm³/mol. The maximum atomic E-state index is 12.6. The second-order valence-electron chi connectivity index (χ2n) is 6.17. The molecule has 2 heterocycles. The van der Waals surface area contributed by atoms with Crippen LogP contribution in [0.25, 0.3) is 6.08 Å². The highest BCUT2D eigenvalue weighted by atomic mass is 32.2. The van der Waals surface area contributed by atoms with Crippen LogP contribution in [0.1, 0.15) is 31.2 Å². The second-order valence-corrected chi connectivity index (χ2v) is 7.94. The van der Waals surface area contributed by atoms with E-state index >= 15 is 0 Å². The van der Waals surface area contributed by atoms with Crippen LogP contribution in [-0.4, -0.2) is 49.8 Å². The molecule has 1 aromatic rings. The van der Waals surface area contributed by atoms with Crippen LogP contribution in [0.5, 0.6) is 0 Å². The Morgan fingerprint density at radius 3 is 2.50 bits per heavy atom. The van der Waals surface area contributed by atoms with Gasteiger partial charge in [-0.05, 0) is 50.4 Å². The summed E-state index contributed by atoms with van der Waals surface area (Å²) in [5.74, 6) is 0. The van der Waals surface area contributed by atoms with Crippen molar-refractivity contribution in [2.24, 2.45) is 0 Å². The minimum absolute atomic E-state index is 0.142. The molecule has 1 aromatic carbocycles. The maximum Gasteiger partial charge on any atom is 0.236 e. The summed E-state index contributed by atoms with van der Waals surface area (Å²) in [6, 6.07) is 9.73. The van der Waals surface area contributed by atoms with E-state index in [0.29, 0.717) is 6.54 Å². The molecule has 3 rings (SSSR count). The number of benzene rings is 1. The summed E-state index contributed by atoms with van der Waals surface area (Å²) in [5, 5.41) is 1.37. The molecule has 0 saturated carbocycles. The highest BCUT2D eigenvalue weighted by Gasteiger charge is 2.34. The lowest BCUT2D eigenvalue weighted by Gasteiger charge is -2.26. The fourth-order valence-corrected chi connectivity index (χ4v) is 4.85. The average Bonchev–Trinajstić information content (AvgIpc) is 3.19. The number of nitrogens with zero attached hydrogens (tertiary/aromatic N) is 2. The minimum Gasteiger partial charge on any atom is -0.302 e. The van der Waals surface area contributed by atoms with Crippen LogP contribution in [-0.2, 0) is 10.0 Å². The van der Waals surface area contributed by atoms with Gasteiger partial charge in [-0.3, -0.25) is 0 Å². The van der Waals surface area contributed by atoms with Gasteiger partial charge in [-0.15, -0.1) is 0 Å². The smallest absolute Gasteiger partial charge is 0.236 e. The molecular weight excluding hydrogens is 296 g/mol. The molecule has 0 amide bonds. The third-order valence-corrected chi connectivity index (χ3v) is 6.16. The topological polar surface area (TPSA) is 40.6 Å². The fourth-order valence-electron chi connectivity index (χ4n) is 3.40. The van der Waals surface area contributed by atoms with Crippen LogP contribution in [0.15, 0.2) is 35.7 Å². The zero-order valence-corrected chi connectivity index (χ0v) is 13.7. The van der Waals surface area contributed by atoms with Crippen molar-refractivity contribution >= 4 is 16.1 Å². The Morgan fingerprint density at radius 2 is 1.77 bits per heavy atom. The van der Waals surface area contributed by atoms with E-state index in [9.17, 15) is 8.42 Å². The van der Waals surface area contributed by atoms with Crippen LogP contribution in [0.3, 0.4) is 0 Å². The van der Waals surface area contributed by atoms with Gasteiger partial charge in [0.1, 0.15) is 0 Å². The molecule has 120 valence electrons. The molecular formula is C17H24N2O2S. The maximum absolute atomic E-state index is 12.6. The van der Waals surface area contributed by atoms with Crippen LogP contribution in [0.2, 0.25) is 0 Å². The lowest BCUT2D eigenvalue weighted by atomic mass is 10.2. The molecule has 0 bridgehead atoms. The van der Waals surface area contributed by atoms with Crippen LogP contribution in [0, 0.1) is 0 Å². The van der Waals surface area contributed by atoms with Gasteiger partial charge in [-0.25, -0.2) is 8.42 Å². The summed E-state index contributed by atoms with van der Waals surface area (Å²) in [6.07, 6.45) is 6.13. The van der Waals surface area contributed by atoms with E-state index in [1.807, 2.05) is 30.3 Å². The normalized spacial score (nSPS) is 24.5. The highest BCUT2D eigenvalue weighted by Crippen LogP contribution is 2.24. The van der Waals surface area contributed by atoms with E-state index in [1.54, 1.807) is 10.4 Å². The molecule has 2 fully saturated rings. The van der Waals surface area contributed by atoms with E-state index < -0.39 is 10.0 Å². The van der Waals surface area contributed by atoms with Gasteiger partial charge in [-0.2, -0.15) is 4.31 Å². The van der Waals surface area contributed by atoms with Gasteiger partial charge in [0.2, 0.25) is 10.0 Å². The van der Waals surface area contributed by atoms with Gasteiger partial charge in [-0.1, -0.05) is 30.3 Å². The standard InChI is InChI=1S/C17H24N2O2S/c20-22(21,14-10-16-7-2-1-3-8-16)19-13-6-9-17(19)15-18-11-4-5-12-18/h1-3,7-8,10,14,17H,4-6,9,11-13,15H2/b14-10+. The van der Waals surface area contributed by atoms with Crippen LogP contribution in [0.4, 0.5) is 0 Å². The van der Waals surface area contributed by atoms with Crippen molar-refractivity contribution in [2.45, 2.75) is 31.7 Å². The van der Waals surface area contributed by atoms with Crippen LogP contribution >= 0.6 is 0 Å². The molecule has 5 heteroatoms. The van der Waals surface area contributed by atoms with Crippen LogP contribution < -0.4 is 0 Å². The third kappa shape index (κ3) is 3.77. The molecule has 4 nitrogen and oxygen atoms in total. The summed E-state index contributed by atoms with van der Waals surface area (Å²) < 4.78 is 26.9. The Morgan fingerprint density at radius 1 is 1.05 bits per heavy atom. The summed E-state index contributed by atoms with van der Waals surface area (Å²) >= 11 is 0. The first-order chi connectivity index (χ1) is 10.6. The van der Waals surface area contributed by atoms with E-state index in [0.717, 1.165) is 38.0 Å². The first-order valence-electron chi connectivity index (χ1n) is 8.12. The molecule has 1 unspecified atom stereocenters. The van der Waals surface area contributed by atoms with Crippen molar-refractivity contribution in [3.8, 4) is 0 Å². The zero-order chi connectivity index (χ0) is 15.4. The van der Waals surface area contributed by atoms with Gasteiger partial charge >= 0.3 is 0 Å². The number of hydrogen-bond donors (Lipinski definition) is 0. The van der Waals surface area contributed by atoms with Crippen molar-refractivity contribution < 1.29 is 8.42 Å². The minimum atomic E-state index is -3.32. The van der Waals surface area contributed by atoms with Crippen molar-refractivity contribution in [1.29, 1.82) is 0 Å². The molecule has 0 N–H and O–H groups in total. The zero-order valence-electron chi connectivity index (χ0n) is 12.9. The van der Waals surface area contributed by atoms with Gasteiger partial charge in [0, 0.05) is 24.5 Å². The largest absolute Gasteiger partial charge is 0.302 e. The molecule has 0 spiro atoms. The second kappa shape index (κ2) is 6.94. The lowest BCUT2D eigenvalue weighted by molar-refractivity contribution is 0.258. The Balaban J connectivity index is 1.68. The van der Waals surface area contributed by atoms with Gasteiger partial charge in [0.25, 0.3) is 0 Å². The Bertz CT molecular complexity index is 607. The molecule has 2 aliphatic heterocycles. The van der Waals surface area contributed by atoms with Crippen molar-refractivity contribution in [1.82, 2.24) is 9.21 Å². The predicted octanol–water partition coefficient (Wildman–Crippen LogP) is 2.55. The summed E-state index contributed by atoms with van der Waals surface area (Å²) in [7, 11) is -3.32. The molecule has 0 aromatic heterocycles. The van der Waals surface area contributed by atoms with Crippen molar-refractivity contribution in [3.05, 3.63) is 41.3 Å². The van der Waals surface area contributed by atoms with E-state index in [-0.39, 0.29) is 6.04 Å². The molecule has 22 heavy (non-hydrogen) atoms. The molecule has 2 aliphatic rings. The quantitative estimate of drug-likeness (QED) is 0.837. The Kier molecular flexibility index (Phi) is 4.96. The summed E-state index contributed by atoms with van der Waals surface area (Å²) in [6.45, 7) is 3.77. The van der Waals surface area contributed by atoms with E-state index in [1.165, 1.54) is 18.2 Å². The number of hydrogen-bond acceptors (Lipinski definition) is 3. The highest BCUT2D eigenvalue weighted by molar-refractivity contribution is 7.92. The third-order valence-electron chi connectivity index (χ3n) is 4.55. The number of sulfonamides is 1. The fraction of sp³-hybridized carbons (Fsp3) is 0.529. The van der Waals surface area contributed by atoms with E-state index in [4.69, 9.17) is 0 Å². The monoisotopic (exact) mass is 320 g/mol. The first-order valence-corrected chi connectivity index (χ1v) is 9.63. The molecule has 2 saturated heterocycles. The van der Waals surface area contributed by atoms with Gasteiger partial charge in [0.15, 0.2) is 0 Å². The van der Waals surface area contributed by atoms with Gasteiger partial charge in [0.05, 0.1) is 0 Å². The SMILES string of the molecule is O=S(=O)(/C=C/c1ccccc1)N1CCCC1CN1CCCC1. The number of rotatable bonds is 5. The Hall–Kier alpha value is -1.17. The van der Waals surface area contributed by atoms with Gasteiger partial charge < -0.3 is 4.90 Å². The first kappa shape index (κ1) is 15.7. The summed E-state index contributed by atoms with van der Waals surface area (Å²) in [4.78, 5) is 2.40.